The van der Waals surface area contributed by atoms with Crippen molar-refractivity contribution in [3.8, 4) is 11.5 Å². The average Bonchev–Trinajstić information content (AvgIpc) is 2.55. The number of hydrogen-bond acceptors (Lipinski definition) is 4. The van der Waals surface area contributed by atoms with Gasteiger partial charge < -0.3 is 9.47 Å². The van der Waals surface area contributed by atoms with Crippen LogP contribution < -0.4 is 9.47 Å². The van der Waals surface area contributed by atoms with Crippen LogP contribution in [0.4, 0.5) is 0 Å². The molecule has 4 nitrogen and oxygen atoms in total. The van der Waals surface area contributed by atoms with E-state index < -0.39 is 0 Å². The topological polar surface area (TPSA) is 52.6 Å². The van der Waals surface area contributed by atoms with Crippen molar-refractivity contribution < 1.29 is 19.1 Å². The maximum atomic E-state index is 12.9. The van der Waals surface area contributed by atoms with Crippen LogP contribution in [-0.4, -0.2) is 25.8 Å². The molecule has 0 aliphatic heterocycles. The zero-order chi connectivity index (χ0) is 17.9. The van der Waals surface area contributed by atoms with Crippen LogP contribution in [-0.2, 0) is 11.2 Å². The number of carbonyl (C=O) groups is 2. The van der Waals surface area contributed by atoms with Crippen LogP contribution >= 0.6 is 23.2 Å². The smallest absolute Gasteiger partial charge is 0.193 e. The molecule has 0 heterocycles. The maximum absolute atomic E-state index is 12.9. The number of methoxy groups -OCH3 is 2. The molecule has 0 aliphatic carbocycles. The van der Waals surface area contributed by atoms with E-state index in [1.165, 1.54) is 27.2 Å². The minimum absolute atomic E-state index is 0.0644. The van der Waals surface area contributed by atoms with Crippen LogP contribution in [0.1, 0.15) is 28.4 Å². The van der Waals surface area contributed by atoms with Gasteiger partial charge in [0.2, 0.25) is 0 Å². The largest absolute Gasteiger partial charge is 0.493 e. The first-order valence-corrected chi connectivity index (χ1v) is 7.87. The summed E-state index contributed by atoms with van der Waals surface area (Å²) < 4.78 is 10.5. The van der Waals surface area contributed by atoms with E-state index in [4.69, 9.17) is 32.7 Å². The molecule has 0 saturated heterocycles. The van der Waals surface area contributed by atoms with Crippen molar-refractivity contribution in [2.24, 2.45) is 0 Å². The first kappa shape index (κ1) is 18.3. The van der Waals surface area contributed by atoms with Crippen LogP contribution in [0.15, 0.2) is 30.3 Å². The van der Waals surface area contributed by atoms with Gasteiger partial charge in [-0.2, -0.15) is 0 Å². The minimum Gasteiger partial charge on any atom is -0.493 e. The Morgan fingerprint density at radius 1 is 0.958 bits per heavy atom. The van der Waals surface area contributed by atoms with E-state index >= 15 is 0 Å². The highest BCUT2D eigenvalue weighted by atomic mass is 35.5. The molecule has 0 bridgehead atoms. The summed E-state index contributed by atoms with van der Waals surface area (Å²) in [5.41, 5.74) is 1.30. The predicted molar refractivity (Wildman–Crippen MR) is 93.8 cm³/mol. The first-order valence-electron chi connectivity index (χ1n) is 7.11. The highest BCUT2D eigenvalue weighted by Gasteiger charge is 2.19. The molecule has 0 saturated carbocycles. The van der Waals surface area contributed by atoms with Gasteiger partial charge >= 0.3 is 0 Å². The molecule has 0 unspecified atom stereocenters. The number of ether oxygens (including phenoxy) is 2. The Balaban J connectivity index is 2.58. The molecule has 0 N–H and O–H groups in total. The summed E-state index contributed by atoms with van der Waals surface area (Å²) >= 11 is 11.9. The molecule has 0 aromatic heterocycles. The molecule has 0 fully saturated rings. The molecule has 2 aromatic rings. The highest BCUT2D eigenvalue weighted by molar-refractivity contribution is 6.42. The molecule has 0 amide bonds. The second-order valence-corrected chi connectivity index (χ2v) is 6.02. The Hall–Kier alpha value is -2.04. The van der Waals surface area contributed by atoms with E-state index in [0.29, 0.717) is 33.2 Å². The summed E-state index contributed by atoms with van der Waals surface area (Å²) in [6.45, 7) is 1.46. The molecule has 0 atom stereocenters. The van der Waals surface area contributed by atoms with E-state index in [1.807, 2.05) is 0 Å². The van der Waals surface area contributed by atoms with Gasteiger partial charge in [-0.3, -0.25) is 9.59 Å². The number of hydrogen-bond donors (Lipinski definition) is 0. The third-order valence-electron chi connectivity index (χ3n) is 3.48. The summed E-state index contributed by atoms with van der Waals surface area (Å²) in [4.78, 5) is 24.4. The predicted octanol–water partition coefficient (Wildman–Crippen LogP) is 4.37. The van der Waals surface area contributed by atoms with Gasteiger partial charge in [-0.15, -0.1) is 0 Å². The van der Waals surface area contributed by atoms with Crippen LogP contribution in [0.2, 0.25) is 10.0 Å². The van der Waals surface area contributed by atoms with E-state index in [0.717, 1.165) is 0 Å². The number of carbonyl (C=O) groups excluding carboxylic acids is 2. The quantitative estimate of drug-likeness (QED) is 0.712. The molecule has 126 valence electrons. The number of benzene rings is 2. The molecule has 2 aromatic carbocycles. The van der Waals surface area contributed by atoms with Gasteiger partial charge in [0.1, 0.15) is 5.78 Å². The molecule has 0 radical (unpaired) electrons. The normalized spacial score (nSPS) is 10.4. The molecule has 2 rings (SSSR count). The summed E-state index contributed by atoms with van der Waals surface area (Å²) in [7, 11) is 2.98. The van der Waals surface area contributed by atoms with E-state index in [1.54, 1.807) is 24.3 Å². The first-order chi connectivity index (χ1) is 11.4. The van der Waals surface area contributed by atoms with Crippen molar-refractivity contribution in [1.29, 1.82) is 0 Å². The third kappa shape index (κ3) is 3.89. The second-order valence-electron chi connectivity index (χ2n) is 5.20. The van der Waals surface area contributed by atoms with E-state index in [-0.39, 0.29) is 23.0 Å². The number of halogens is 2. The van der Waals surface area contributed by atoms with Crippen LogP contribution in [0.25, 0.3) is 0 Å². The fourth-order valence-corrected chi connectivity index (χ4v) is 2.64. The standard InChI is InChI=1S/C18H16Cl2O4/c1-10(21)6-12-8-16(23-2)17(24-3)9-13(12)18(22)11-4-5-14(19)15(20)7-11/h4-5,7-9H,6H2,1-3H3. The molecule has 0 aliphatic rings. The lowest BCUT2D eigenvalue weighted by Crippen LogP contribution is -2.09. The Morgan fingerprint density at radius 2 is 1.58 bits per heavy atom. The summed E-state index contributed by atoms with van der Waals surface area (Å²) in [6, 6.07) is 7.86. The Kier molecular flexibility index (Phi) is 5.86. The van der Waals surface area contributed by atoms with E-state index in [9.17, 15) is 9.59 Å². The Morgan fingerprint density at radius 3 is 2.12 bits per heavy atom. The lowest BCUT2D eigenvalue weighted by Gasteiger charge is -2.14. The minimum atomic E-state index is -0.272. The van der Waals surface area contributed by atoms with Crippen molar-refractivity contribution >= 4 is 34.8 Å². The van der Waals surface area contributed by atoms with Gasteiger partial charge in [0.15, 0.2) is 17.3 Å². The highest BCUT2D eigenvalue weighted by Crippen LogP contribution is 2.33. The average molecular weight is 367 g/mol. The van der Waals surface area contributed by atoms with Crippen molar-refractivity contribution in [2.45, 2.75) is 13.3 Å². The van der Waals surface area contributed by atoms with Crippen molar-refractivity contribution in [2.75, 3.05) is 14.2 Å². The molecular formula is C18H16Cl2O4. The molecule has 24 heavy (non-hydrogen) atoms. The fraction of sp³-hybridized carbons (Fsp3) is 0.222. The lowest BCUT2D eigenvalue weighted by atomic mass is 9.95. The Bertz CT molecular complexity index is 800. The van der Waals surface area contributed by atoms with Crippen LogP contribution in [0, 0.1) is 0 Å². The van der Waals surface area contributed by atoms with Crippen molar-refractivity contribution in [1.82, 2.24) is 0 Å². The van der Waals surface area contributed by atoms with Crippen LogP contribution in [0.5, 0.6) is 11.5 Å². The summed E-state index contributed by atoms with van der Waals surface area (Å²) in [5.74, 6) is 0.531. The lowest BCUT2D eigenvalue weighted by molar-refractivity contribution is -0.116. The molecule has 0 spiro atoms. The molecule has 6 heteroatoms. The fourth-order valence-electron chi connectivity index (χ4n) is 2.34. The van der Waals surface area contributed by atoms with Crippen LogP contribution in [0.3, 0.4) is 0 Å². The van der Waals surface area contributed by atoms with Gasteiger partial charge in [0.25, 0.3) is 0 Å². The number of rotatable bonds is 6. The van der Waals surface area contributed by atoms with Gasteiger partial charge in [-0.25, -0.2) is 0 Å². The Labute approximate surface area is 150 Å². The number of ketones is 2. The zero-order valence-corrected chi connectivity index (χ0v) is 15.0. The third-order valence-corrected chi connectivity index (χ3v) is 4.21. The monoisotopic (exact) mass is 366 g/mol. The van der Waals surface area contributed by atoms with E-state index in [2.05, 4.69) is 0 Å². The van der Waals surface area contributed by atoms with Crippen molar-refractivity contribution in [3.63, 3.8) is 0 Å². The summed E-state index contributed by atoms with van der Waals surface area (Å²) in [6.07, 6.45) is 0.114. The zero-order valence-electron chi connectivity index (χ0n) is 13.5. The second kappa shape index (κ2) is 7.69. The number of Topliss-reactive ketones (excluding diaryl/α,β-unsaturated/α-hetero) is 1. The van der Waals surface area contributed by atoms with Gasteiger partial charge in [0.05, 0.1) is 24.3 Å². The van der Waals surface area contributed by atoms with Gasteiger partial charge in [0, 0.05) is 17.5 Å². The van der Waals surface area contributed by atoms with Crippen molar-refractivity contribution in [3.05, 3.63) is 57.1 Å². The van der Waals surface area contributed by atoms with Gasteiger partial charge in [-0.05, 0) is 42.8 Å². The molecular weight excluding hydrogens is 351 g/mol. The maximum Gasteiger partial charge on any atom is 0.193 e. The van der Waals surface area contributed by atoms with Gasteiger partial charge in [-0.1, -0.05) is 23.2 Å². The summed E-state index contributed by atoms with van der Waals surface area (Å²) in [5, 5.41) is 0.653. The SMILES string of the molecule is COc1cc(CC(C)=O)c(C(=O)c2ccc(Cl)c(Cl)c2)cc1OC.